The van der Waals surface area contributed by atoms with E-state index in [1.165, 1.54) is 18.6 Å². The van der Waals surface area contributed by atoms with Gasteiger partial charge in [0.1, 0.15) is 0 Å². The maximum absolute atomic E-state index is 12.7. The van der Waals surface area contributed by atoms with Crippen molar-refractivity contribution in [2.24, 2.45) is 16.7 Å². The average molecular weight is 370 g/mol. The molecule has 0 saturated heterocycles. The average Bonchev–Trinajstić information content (AvgIpc) is 2.79. The van der Waals surface area contributed by atoms with Crippen LogP contribution in [0.15, 0.2) is 23.1 Å². The Morgan fingerprint density at radius 1 is 1.29 bits per heavy atom. The zero-order valence-electron chi connectivity index (χ0n) is 14.5. The van der Waals surface area contributed by atoms with Gasteiger partial charge in [0.25, 0.3) is 5.91 Å². The minimum absolute atomic E-state index is 0.00343. The topological polar surface area (TPSA) is 63.2 Å². The van der Waals surface area contributed by atoms with Gasteiger partial charge in [-0.25, -0.2) is 8.42 Å². The summed E-state index contributed by atoms with van der Waals surface area (Å²) in [5.41, 5.74) is 0.631. The molecule has 0 aliphatic heterocycles. The van der Waals surface area contributed by atoms with Crippen LogP contribution in [0.2, 0.25) is 5.02 Å². The molecule has 2 aliphatic carbocycles. The Morgan fingerprint density at radius 3 is 2.46 bits per heavy atom. The molecular weight excluding hydrogens is 346 g/mol. The predicted molar refractivity (Wildman–Crippen MR) is 95.0 cm³/mol. The Balaban J connectivity index is 1.85. The number of sulfone groups is 1. The van der Waals surface area contributed by atoms with E-state index in [2.05, 4.69) is 26.1 Å². The van der Waals surface area contributed by atoms with Gasteiger partial charge < -0.3 is 5.32 Å². The molecule has 132 valence electrons. The molecule has 0 spiro atoms. The Labute approximate surface area is 148 Å². The Hall–Kier alpha value is -1.07. The summed E-state index contributed by atoms with van der Waals surface area (Å²) in [6.07, 6.45) is 4.41. The number of halogens is 1. The zero-order valence-corrected chi connectivity index (χ0v) is 16.1. The van der Waals surface area contributed by atoms with Crippen LogP contribution in [0.25, 0.3) is 0 Å². The maximum atomic E-state index is 12.7. The number of rotatable bonds is 3. The number of fused-ring (bicyclic) bond motifs is 2. The number of nitrogens with one attached hydrogen (secondary N) is 1. The monoisotopic (exact) mass is 369 g/mol. The van der Waals surface area contributed by atoms with Gasteiger partial charge in [0.05, 0.1) is 9.92 Å². The van der Waals surface area contributed by atoms with Crippen molar-refractivity contribution in [3.8, 4) is 0 Å². The quantitative estimate of drug-likeness (QED) is 0.883. The number of hydrogen-bond donors (Lipinski definition) is 1. The molecule has 0 radical (unpaired) electrons. The summed E-state index contributed by atoms with van der Waals surface area (Å²) < 4.78 is 23.6. The van der Waals surface area contributed by atoms with Crippen LogP contribution in [-0.2, 0) is 9.84 Å². The lowest BCUT2D eigenvalue weighted by atomic mass is 9.69. The van der Waals surface area contributed by atoms with Crippen LogP contribution in [-0.4, -0.2) is 26.6 Å². The molecule has 1 aromatic rings. The standard InChI is InChI=1S/C18H24ClNO3S/c1-17(2)12-7-8-18(17,3)15(10-12)20-16(21)11-5-6-13(19)14(9-11)24(4,22)23/h5-6,9,12,15H,7-8,10H2,1-4H3,(H,20,21). The first kappa shape index (κ1) is 17.7. The van der Waals surface area contributed by atoms with E-state index in [-0.39, 0.29) is 32.7 Å². The summed E-state index contributed by atoms with van der Waals surface area (Å²) in [7, 11) is -3.47. The van der Waals surface area contributed by atoms with Gasteiger partial charge in [-0.3, -0.25) is 4.79 Å². The fourth-order valence-electron chi connectivity index (χ4n) is 4.59. The SMILES string of the molecule is CC1(C)C2CCC1(C)C(NC(=O)c1ccc(Cl)c(S(C)(=O)=O)c1)C2. The van der Waals surface area contributed by atoms with E-state index in [4.69, 9.17) is 11.6 Å². The largest absolute Gasteiger partial charge is 0.349 e. The first-order valence-electron chi connectivity index (χ1n) is 8.27. The third-order valence-electron chi connectivity index (χ3n) is 6.69. The molecule has 1 N–H and O–H groups in total. The molecule has 2 saturated carbocycles. The van der Waals surface area contributed by atoms with E-state index < -0.39 is 9.84 Å². The van der Waals surface area contributed by atoms with Gasteiger partial charge >= 0.3 is 0 Å². The van der Waals surface area contributed by atoms with Crippen LogP contribution in [0.3, 0.4) is 0 Å². The molecule has 2 bridgehead atoms. The van der Waals surface area contributed by atoms with E-state index >= 15 is 0 Å². The van der Waals surface area contributed by atoms with Crippen molar-refractivity contribution >= 4 is 27.3 Å². The molecule has 1 amide bonds. The van der Waals surface area contributed by atoms with Crippen molar-refractivity contribution in [1.29, 1.82) is 0 Å². The van der Waals surface area contributed by atoms with Crippen LogP contribution in [0.1, 0.15) is 50.4 Å². The van der Waals surface area contributed by atoms with E-state index in [0.717, 1.165) is 19.1 Å². The summed E-state index contributed by atoms with van der Waals surface area (Å²) in [6.45, 7) is 6.84. The fraction of sp³-hybridized carbons (Fsp3) is 0.611. The number of amides is 1. The molecule has 3 rings (SSSR count). The highest BCUT2D eigenvalue weighted by atomic mass is 35.5. The molecule has 0 heterocycles. The van der Waals surface area contributed by atoms with Crippen LogP contribution >= 0.6 is 11.6 Å². The van der Waals surface area contributed by atoms with E-state index in [9.17, 15) is 13.2 Å². The van der Waals surface area contributed by atoms with Crippen LogP contribution < -0.4 is 5.32 Å². The third kappa shape index (κ3) is 2.57. The lowest BCUT2D eigenvalue weighted by Gasteiger charge is -2.39. The van der Waals surface area contributed by atoms with Crippen molar-refractivity contribution < 1.29 is 13.2 Å². The summed E-state index contributed by atoms with van der Waals surface area (Å²) in [6, 6.07) is 4.54. The van der Waals surface area contributed by atoms with Gasteiger partial charge in [-0.1, -0.05) is 32.4 Å². The zero-order chi connectivity index (χ0) is 17.9. The minimum atomic E-state index is -3.47. The van der Waals surface area contributed by atoms with E-state index in [0.29, 0.717) is 11.5 Å². The Bertz CT molecular complexity index is 802. The van der Waals surface area contributed by atoms with E-state index in [1.807, 2.05) is 0 Å². The second-order valence-corrected chi connectivity index (χ2v) is 10.4. The van der Waals surface area contributed by atoms with Gasteiger partial charge in [0, 0.05) is 17.9 Å². The predicted octanol–water partition coefficient (Wildman–Crippen LogP) is 3.69. The highest BCUT2D eigenvalue weighted by molar-refractivity contribution is 7.90. The van der Waals surface area contributed by atoms with Crippen LogP contribution in [0.5, 0.6) is 0 Å². The second-order valence-electron chi connectivity index (χ2n) is 8.05. The van der Waals surface area contributed by atoms with Crippen LogP contribution in [0, 0.1) is 16.7 Å². The molecule has 6 heteroatoms. The van der Waals surface area contributed by atoms with Gasteiger partial charge in [0.15, 0.2) is 9.84 Å². The van der Waals surface area contributed by atoms with Crippen molar-refractivity contribution in [2.75, 3.05) is 6.26 Å². The lowest BCUT2D eigenvalue weighted by Crippen LogP contribution is -2.46. The molecule has 3 unspecified atom stereocenters. The van der Waals surface area contributed by atoms with Crippen molar-refractivity contribution in [3.63, 3.8) is 0 Å². The lowest BCUT2D eigenvalue weighted by molar-refractivity contribution is 0.0826. The number of hydrogen-bond acceptors (Lipinski definition) is 3. The Morgan fingerprint density at radius 2 is 1.96 bits per heavy atom. The normalized spacial score (nSPS) is 31.2. The molecule has 2 fully saturated rings. The minimum Gasteiger partial charge on any atom is -0.349 e. The maximum Gasteiger partial charge on any atom is 0.251 e. The molecule has 4 nitrogen and oxygen atoms in total. The molecule has 0 aromatic heterocycles. The smallest absolute Gasteiger partial charge is 0.251 e. The second kappa shape index (κ2) is 5.46. The highest BCUT2D eigenvalue weighted by Crippen LogP contribution is 2.65. The first-order chi connectivity index (χ1) is 11.0. The third-order valence-corrected chi connectivity index (χ3v) is 8.27. The first-order valence-corrected chi connectivity index (χ1v) is 10.5. The van der Waals surface area contributed by atoms with Gasteiger partial charge in [-0.05, 0) is 54.2 Å². The van der Waals surface area contributed by atoms with Gasteiger partial charge in [0.2, 0.25) is 0 Å². The highest BCUT2D eigenvalue weighted by Gasteiger charge is 2.61. The number of carbonyl (C=O) groups is 1. The molecule has 1 aromatic carbocycles. The summed E-state index contributed by atoms with van der Waals surface area (Å²) in [5, 5.41) is 3.28. The summed E-state index contributed by atoms with van der Waals surface area (Å²) >= 11 is 5.96. The van der Waals surface area contributed by atoms with Crippen molar-refractivity contribution in [1.82, 2.24) is 5.32 Å². The van der Waals surface area contributed by atoms with Crippen LogP contribution in [0.4, 0.5) is 0 Å². The Kier molecular flexibility index (Phi) is 4.04. The van der Waals surface area contributed by atoms with Gasteiger partial charge in [-0.2, -0.15) is 0 Å². The van der Waals surface area contributed by atoms with Gasteiger partial charge in [-0.15, -0.1) is 0 Å². The summed E-state index contributed by atoms with van der Waals surface area (Å²) in [4.78, 5) is 12.7. The molecule has 24 heavy (non-hydrogen) atoms. The van der Waals surface area contributed by atoms with Crippen molar-refractivity contribution in [3.05, 3.63) is 28.8 Å². The fourth-order valence-corrected chi connectivity index (χ4v) is 5.89. The molecule has 2 aliphatic rings. The number of carbonyl (C=O) groups excluding carboxylic acids is 1. The summed E-state index contributed by atoms with van der Waals surface area (Å²) in [5.74, 6) is 0.399. The molecule has 3 atom stereocenters. The number of benzene rings is 1. The molecular formula is C18H24ClNO3S. The van der Waals surface area contributed by atoms with Crippen molar-refractivity contribution in [2.45, 2.75) is 51.0 Å². The van der Waals surface area contributed by atoms with E-state index in [1.54, 1.807) is 6.07 Å².